The molecule has 2 saturated heterocycles. The summed E-state index contributed by atoms with van der Waals surface area (Å²) in [7, 11) is 0. The summed E-state index contributed by atoms with van der Waals surface area (Å²) in [6.07, 6.45) is 4.24. The van der Waals surface area contributed by atoms with Crippen LogP contribution in [0.2, 0.25) is 0 Å². The lowest BCUT2D eigenvalue weighted by Crippen LogP contribution is -2.51. The molecule has 2 aliphatic rings. The molecule has 2 amide bonds. The number of carbonyl (C=O) groups excluding carboxylic acids is 2. The van der Waals surface area contributed by atoms with Crippen molar-refractivity contribution < 1.29 is 27.5 Å². The van der Waals surface area contributed by atoms with E-state index in [1.54, 1.807) is 24.8 Å². The molecule has 0 bridgehead atoms. The zero-order valence-electron chi connectivity index (χ0n) is 20.7. The summed E-state index contributed by atoms with van der Waals surface area (Å²) in [6, 6.07) is 2.17. The Morgan fingerprint density at radius 3 is 2.47 bits per heavy atom. The van der Waals surface area contributed by atoms with E-state index in [9.17, 15) is 23.6 Å². The van der Waals surface area contributed by atoms with Gasteiger partial charge in [-0.05, 0) is 26.0 Å². The van der Waals surface area contributed by atoms with E-state index in [-0.39, 0.29) is 62.0 Å². The maximum Gasteiger partial charge on any atom is 0.414 e. The van der Waals surface area contributed by atoms with Gasteiger partial charge in [-0.25, -0.2) is 18.0 Å². The van der Waals surface area contributed by atoms with Gasteiger partial charge in [0.25, 0.3) is 0 Å². The van der Waals surface area contributed by atoms with Gasteiger partial charge in [-0.3, -0.25) is 9.69 Å². The Labute approximate surface area is 209 Å². The number of cyclic esters (lactones) is 1. The van der Waals surface area contributed by atoms with Gasteiger partial charge < -0.3 is 20.3 Å². The van der Waals surface area contributed by atoms with Crippen molar-refractivity contribution in [3.63, 3.8) is 0 Å². The van der Waals surface area contributed by atoms with E-state index in [0.717, 1.165) is 6.08 Å². The van der Waals surface area contributed by atoms with E-state index in [0.29, 0.717) is 0 Å². The molecule has 2 N–H and O–H groups in total. The number of nitrogens with zero attached hydrogens (tertiary/aromatic N) is 3. The molecule has 196 valence electrons. The number of carbonyl (C=O) groups is 2. The molecular formula is C25H32F3N5O3. The highest BCUT2D eigenvalue weighted by atomic mass is 19.1. The van der Waals surface area contributed by atoms with Crippen LogP contribution < -0.4 is 10.6 Å². The Hall–Kier alpha value is -3.68. The number of nitrogens with one attached hydrogen (secondary N) is 2. The van der Waals surface area contributed by atoms with Gasteiger partial charge in [0, 0.05) is 38.6 Å². The summed E-state index contributed by atoms with van der Waals surface area (Å²) in [5.74, 6) is -1.70. The summed E-state index contributed by atoms with van der Waals surface area (Å²) in [5, 5.41) is 15.2. The molecule has 36 heavy (non-hydrogen) atoms. The van der Waals surface area contributed by atoms with Crippen molar-refractivity contribution in [1.82, 2.24) is 20.4 Å². The lowest BCUT2D eigenvalue weighted by Gasteiger charge is -2.40. The van der Waals surface area contributed by atoms with Crippen molar-refractivity contribution in [2.24, 2.45) is 0 Å². The Balaban J connectivity index is 2.05. The molecule has 0 aromatic heterocycles. The van der Waals surface area contributed by atoms with Crippen molar-refractivity contribution in [3.05, 3.63) is 59.6 Å². The largest absolute Gasteiger partial charge is 0.442 e. The summed E-state index contributed by atoms with van der Waals surface area (Å²) in [4.78, 5) is 26.3. The minimum Gasteiger partial charge on any atom is -0.442 e. The molecule has 1 unspecified atom stereocenters. The van der Waals surface area contributed by atoms with E-state index in [1.165, 1.54) is 24.0 Å². The lowest BCUT2D eigenvalue weighted by atomic mass is 9.88. The van der Waals surface area contributed by atoms with Crippen LogP contribution in [0.1, 0.15) is 33.6 Å². The molecule has 2 fully saturated rings. The summed E-state index contributed by atoms with van der Waals surface area (Å²) in [5.41, 5.74) is -0.712. The molecular weight excluding hydrogens is 475 g/mol. The second-order valence-corrected chi connectivity index (χ2v) is 8.42. The maximum absolute atomic E-state index is 15.1. The van der Waals surface area contributed by atoms with Crippen LogP contribution in [0.5, 0.6) is 0 Å². The molecule has 1 atom stereocenters. The number of amides is 2. The highest BCUT2D eigenvalue weighted by Crippen LogP contribution is 2.29. The Morgan fingerprint density at radius 2 is 1.94 bits per heavy atom. The third-order valence-electron chi connectivity index (χ3n) is 6.00. The first-order valence-electron chi connectivity index (χ1n) is 11.6. The Bertz CT molecular complexity index is 1020. The number of hydrogen-bond donors (Lipinski definition) is 2. The van der Waals surface area contributed by atoms with Gasteiger partial charge in [-0.15, -0.1) is 0 Å². The fourth-order valence-electron chi connectivity index (χ4n) is 3.91. The number of allylic oxidation sites excluding steroid dienone is 6. The van der Waals surface area contributed by atoms with Crippen LogP contribution in [0.25, 0.3) is 0 Å². The number of piperidine rings is 1. The monoisotopic (exact) mass is 507 g/mol. The number of rotatable bonds is 10. The average Bonchev–Trinajstić information content (AvgIpc) is 3.24. The summed E-state index contributed by atoms with van der Waals surface area (Å²) >= 11 is 0. The number of nitriles is 1. The number of likely N-dealkylation sites (tertiary alicyclic amines) is 1. The second-order valence-electron chi connectivity index (χ2n) is 8.42. The number of hydrogen-bond acceptors (Lipinski definition) is 6. The van der Waals surface area contributed by atoms with Crippen LogP contribution in [0, 0.1) is 11.3 Å². The van der Waals surface area contributed by atoms with Gasteiger partial charge in [0.2, 0.25) is 5.91 Å². The van der Waals surface area contributed by atoms with Crippen LogP contribution in [0.3, 0.4) is 0 Å². The first kappa shape index (κ1) is 28.6. The maximum atomic E-state index is 15.1. The van der Waals surface area contributed by atoms with Crippen molar-refractivity contribution in [3.8, 4) is 6.07 Å². The molecule has 0 spiro atoms. The van der Waals surface area contributed by atoms with Crippen LogP contribution in [-0.2, 0) is 9.53 Å². The number of ether oxygens (including phenoxy) is 1. The molecule has 0 saturated carbocycles. The minimum absolute atomic E-state index is 0.0274. The third-order valence-corrected chi connectivity index (χ3v) is 6.00. The molecule has 8 nitrogen and oxygen atoms in total. The predicted molar refractivity (Wildman–Crippen MR) is 129 cm³/mol. The first-order valence-corrected chi connectivity index (χ1v) is 11.6. The normalized spacial score (nSPS) is 21.1. The molecule has 2 aliphatic heterocycles. The second kappa shape index (κ2) is 12.9. The van der Waals surface area contributed by atoms with Crippen molar-refractivity contribution in [1.29, 1.82) is 5.26 Å². The van der Waals surface area contributed by atoms with Crippen molar-refractivity contribution in [2.45, 2.75) is 45.3 Å². The Morgan fingerprint density at radius 1 is 1.28 bits per heavy atom. The zero-order chi connectivity index (χ0) is 26.9. The molecule has 0 radical (unpaired) electrons. The zero-order valence-corrected chi connectivity index (χ0v) is 20.7. The topological polar surface area (TPSA) is 97.7 Å². The van der Waals surface area contributed by atoms with Gasteiger partial charge in [-0.2, -0.15) is 5.26 Å². The van der Waals surface area contributed by atoms with Gasteiger partial charge in [0.1, 0.15) is 30.0 Å². The molecule has 11 heteroatoms. The highest BCUT2D eigenvalue weighted by molar-refractivity contribution is 5.74. The van der Waals surface area contributed by atoms with E-state index in [4.69, 9.17) is 4.74 Å². The molecule has 0 aromatic rings. The van der Waals surface area contributed by atoms with Crippen molar-refractivity contribution in [2.75, 3.05) is 32.9 Å². The highest BCUT2D eigenvalue weighted by Gasteiger charge is 2.37. The standard InChI is InChI=1S/C25H32F3N5O3/c1-5-19(33-15-20(36-24(33)35)14-30-18(4)34)13-22(28)17(3)32-11-8-25(16-29,9-12-32)31-23(6-2)21(27)7-10-26/h5-7,13,20,31H,3,8-12,14-15H2,1-2,4H3,(H,30,34)/b19-5+,21-7+,22-13+,23-6+. The predicted octanol–water partition coefficient (Wildman–Crippen LogP) is 3.89. The van der Waals surface area contributed by atoms with E-state index in [1.807, 2.05) is 0 Å². The third kappa shape index (κ3) is 7.16. The van der Waals surface area contributed by atoms with Crippen LogP contribution >= 0.6 is 0 Å². The molecule has 0 aliphatic carbocycles. The van der Waals surface area contributed by atoms with Crippen LogP contribution in [-0.4, -0.2) is 66.3 Å². The smallest absolute Gasteiger partial charge is 0.414 e. The van der Waals surface area contributed by atoms with Gasteiger partial charge in [-0.1, -0.05) is 18.7 Å². The summed E-state index contributed by atoms with van der Waals surface area (Å²) in [6.45, 7) is 8.27. The van der Waals surface area contributed by atoms with Crippen LogP contribution in [0.4, 0.5) is 18.0 Å². The quantitative estimate of drug-likeness (QED) is 0.436. The van der Waals surface area contributed by atoms with Crippen molar-refractivity contribution >= 4 is 12.0 Å². The average molecular weight is 508 g/mol. The van der Waals surface area contributed by atoms with E-state index in [2.05, 4.69) is 23.3 Å². The van der Waals surface area contributed by atoms with Gasteiger partial charge in [0.05, 0.1) is 30.6 Å². The summed E-state index contributed by atoms with van der Waals surface area (Å²) < 4.78 is 46.9. The van der Waals surface area contributed by atoms with Crippen LogP contribution in [0.15, 0.2) is 59.6 Å². The first-order chi connectivity index (χ1) is 17.1. The molecule has 2 rings (SSSR count). The number of halogens is 3. The molecule has 2 heterocycles. The Kier molecular flexibility index (Phi) is 10.2. The van der Waals surface area contributed by atoms with Gasteiger partial charge in [0.15, 0.2) is 0 Å². The minimum atomic E-state index is -1.10. The van der Waals surface area contributed by atoms with E-state index >= 15 is 4.39 Å². The SMILES string of the molecule is C=C(/C(F)=C\C(=C/C)N1CC(CNC(C)=O)OC1=O)N1CCC(C#N)(NC(=C/C)/C(F)=C\CF)CC1. The number of alkyl halides is 1. The van der Waals surface area contributed by atoms with Gasteiger partial charge >= 0.3 is 6.09 Å². The fraction of sp³-hybridized carbons (Fsp3) is 0.480. The fourth-order valence-corrected chi connectivity index (χ4v) is 3.91. The lowest BCUT2D eigenvalue weighted by molar-refractivity contribution is -0.119. The van der Waals surface area contributed by atoms with E-state index < -0.39 is 36.1 Å². The molecule has 0 aromatic carbocycles.